The Kier molecular flexibility index (Phi) is 5.01. The van der Waals surface area contributed by atoms with Crippen LogP contribution in [0.1, 0.15) is 45.6 Å². The molecule has 0 saturated carbocycles. The van der Waals surface area contributed by atoms with Crippen molar-refractivity contribution >= 4 is 23.0 Å². The molecule has 0 radical (unpaired) electrons. The molecule has 1 aromatic rings. The zero-order valence-electron chi connectivity index (χ0n) is 13.4. The Morgan fingerprint density at radius 1 is 1.14 bits per heavy atom. The molecule has 4 heteroatoms. The summed E-state index contributed by atoms with van der Waals surface area (Å²) in [6, 6.07) is 8.47. The Morgan fingerprint density at radius 3 is 2.14 bits per heavy atom. The minimum absolute atomic E-state index is 0.163. The molecule has 0 bridgehead atoms. The second-order valence-electron chi connectivity index (χ2n) is 6.69. The highest BCUT2D eigenvalue weighted by Gasteiger charge is 2.51. The molecule has 0 N–H and O–H groups in total. The molecule has 2 rings (SSSR count). The van der Waals surface area contributed by atoms with Gasteiger partial charge in [0.05, 0.1) is 11.2 Å². The maximum absolute atomic E-state index is 6.12. The molecule has 21 heavy (non-hydrogen) atoms. The molecule has 1 aliphatic heterocycles. The Balaban J connectivity index is 2.11. The van der Waals surface area contributed by atoms with Crippen molar-refractivity contribution in [2.45, 2.75) is 57.6 Å². The molecule has 1 atom stereocenters. The van der Waals surface area contributed by atoms with E-state index in [0.717, 1.165) is 17.2 Å². The summed E-state index contributed by atoms with van der Waals surface area (Å²) in [6.45, 7) is 12.3. The van der Waals surface area contributed by atoms with Gasteiger partial charge in [0.2, 0.25) is 0 Å². The second-order valence-corrected chi connectivity index (χ2v) is 7.61. The summed E-state index contributed by atoms with van der Waals surface area (Å²) in [5.74, 6) is 0.366. The van der Waals surface area contributed by atoms with Crippen molar-refractivity contribution in [2.24, 2.45) is 0 Å². The fourth-order valence-corrected chi connectivity index (χ4v) is 2.86. The molecule has 2 nitrogen and oxygen atoms in total. The smallest absolute Gasteiger partial charge is 0.403 e. The maximum Gasteiger partial charge on any atom is 0.458 e. The van der Waals surface area contributed by atoms with Gasteiger partial charge >= 0.3 is 7.12 Å². The lowest BCUT2D eigenvalue weighted by Crippen LogP contribution is -2.41. The van der Waals surface area contributed by atoms with E-state index in [-0.39, 0.29) is 18.3 Å². The van der Waals surface area contributed by atoms with Crippen molar-refractivity contribution in [1.29, 1.82) is 0 Å². The van der Waals surface area contributed by atoms with E-state index in [9.17, 15) is 0 Å². The van der Waals surface area contributed by atoms with Crippen LogP contribution in [0.25, 0.3) is 0 Å². The van der Waals surface area contributed by atoms with Crippen molar-refractivity contribution in [3.63, 3.8) is 0 Å². The lowest BCUT2D eigenvalue weighted by molar-refractivity contribution is 0.00578. The Labute approximate surface area is 137 Å². The number of hydrogen-bond donors (Lipinski definition) is 0. The third-order valence-electron chi connectivity index (χ3n) is 4.57. The molecule has 1 aromatic carbocycles. The summed E-state index contributed by atoms with van der Waals surface area (Å²) >= 11 is 3.48. The molecule has 0 unspecified atom stereocenters. The first-order chi connectivity index (χ1) is 9.75. The van der Waals surface area contributed by atoms with Crippen LogP contribution in [0, 0.1) is 0 Å². The van der Waals surface area contributed by atoms with Crippen molar-refractivity contribution in [2.75, 3.05) is 0 Å². The first-order valence-electron chi connectivity index (χ1n) is 7.47. The first-order valence-corrected chi connectivity index (χ1v) is 8.26. The van der Waals surface area contributed by atoms with Crippen LogP contribution in [-0.2, 0) is 9.31 Å². The van der Waals surface area contributed by atoms with Gasteiger partial charge in [-0.15, -0.1) is 6.58 Å². The van der Waals surface area contributed by atoms with Gasteiger partial charge in [0.1, 0.15) is 0 Å². The van der Waals surface area contributed by atoms with Gasteiger partial charge in [-0.05, 0) is 64.1 Å². The molecular formula is C17H24BBrO2. The molecule has 1 fully saturated rings. The molecular weight excluding hydrogens is 327 g/mol. The van der Waals surface area contributed by atoms with Crippen LogP contribution in [0.2, 0.25) is 6.32 Å². The van der Waals surface area contributed by atoms with Crippen LogP contribution >= 0.6 is 15.9 Å². The highest BCUT2D eigenvalue weighted by Crippen LogP contribution is 2.40. The van der Waals surface area contributed by atoms with Gasteiger partial charge in [0.25, 0.3) is 0 Å². The minimum Gasteiger partial charge on any atom is -0.403 e. The van der Waals surface area contributed by atoms with E-state index in [4.69, 9.17) is 9.31 Å². The SMILES string of the molecule is C=CC[C@H](CB1OC(C)(C)C(C)(C)O1)c1ccc(Br)cc1. The Morgan fingerprint density at radius 2 is 1.67 bits per heavy atom. The van der Waals surface area contributed by atoms with E-state index in [2.05, 4.69) is 74.5 Å². The van der Waals surface area contributed by atoms with Crippen LogP contribution in [0.4, 0.5) is 0 Å². The third-order valence-corrected chi connectivity index (χ3v) is 5.10. The Bertz CT molecular complexity index is 480. The topological polar surface area (TPSA) is 18.5 Å². The average molecular weight is 351 g/mol. The van der Waals surface area contributed by atoms with Crippen LogP contribution in [0.5, 0.6) is 0 Å². The lowest BCUT2D eigenvalue weighted by Gasteiger charge is -2.32. The van der Waals surface area contributed by atoms with E-state index in [1.165, 1.54) is 5.56 Å². The molecule has 1 saturated heterocycles. The van der Waals surface area contributed by atoms with Gasteiger partial charge in [0, 0.05) is 4.47 Å². The number of halogens is 1. The predicted octanol–water partition coefficient (Wildman–Crippen LogP) is 5.20. The predicted molar refractivity (Wildman–Crippen MR) is 92.6 cm³/mol. The maximum atomic E-state index is 6.12. The fourth-order valence-electron chi connectivity index (χ4n) is 2.60. The second kappa shape index (κ2) is 6.27. The lowest BCUT2D eigenvalue weighted by atomic mass is 9.73. The van der Waals surface area contributed by atoms with Crippen LogP contribution in [0.3, 0.4) is 0 Å². The number of allylic oxidation sites excluding steroid dienone is 1. The quantitative estimate of drug-likeness (QED) is 0.536. The van der Waals surface area contributed by atoms with Gasteiger partial charge in [-0.2, -0.15) is 0 Å². The Hall–Kier alpha value is -0.575. The average Bonchev–Trinajstić information content (AvgIpc) is 2.58. The standard InChI is InChI=1S/C17H24BBrO2/c1-6-7-14(13-8-10-15(19)11-9-13)12-18-20-16(2,3)17(4,5)21-18/h6,8-11,14H,1,7,12H2,2-5H3/t14-/m1/s1. The fraction of sp³-hybridized carbons (Fsp3) is 0.529. The molecule has 0 aliphatic carbocycles. The van der Waals surface area contributed by atoms with E-state index in [1.807, 2.05) is 6.08 Å². The number of benzene rings is 1. The van der Waals surface area contributed by atoms with E-state index in [0.29, 0.717) is 5.92 Å². The summed E-state index contributed by atoms with van der Waals surface area (Å²) in [5.41, 5.74) is 0.763. The van der Waals surface area contributed by atoms with E-state index < -0.39 is 0 Å². The van der Waals surface area contributed by atoms with Gasteiger partial charge < -0.3 is 9.31 Å². The van der Waals surface area contributed by atoms with Crippen LogP contribution in [-0.4, -0.2) is 18.3 Å². The van der Waals surface area contributed by atoms with Crippen LogP contribution < -0.4 is 0 Å². The zero-order valence-corrected chi connectivity index (χ0v) is 14.9. The van der Waals surface area contributed by atoms with E-state index >= 15 is 0 Å². The highest BCUT2D eigenvalue weighted by atomic mass is 79.9. The highest BCUT2D eigenvalue weighted by molar-refractivity contribution is 9.10. The van der Waals surface area contributed by atoms with E-state index in [1.54, 1.807) is 0 Å². The summed E-state index contributed by atoms with van der Waals surface area (Å²) in [4.78, 5) is 0. The van der Waals surface area contributed by atoms with Gasteiger partial charge in [-0.3, -0.25) is 0 Å². The number of hydrogen-bond acceptors (Lipinski definition) is 2. The molecule has 0 aromatic heterocycles. The third kappa shape index (κ3) is 3.79. The van der Waals surface area contributed by atoms with Gasteiger partial charge in [0.15, 0.2) is 0 Å². The summed E-state index contributed by atoms with van der Waals surface area (Å²) in [5, 5.41) is 0. The monoisotopic (exact) mass is 350 g/mol. The molecule has 0 amide bonds. The van der Waals surface area contributed by atoms with Gasteiger partial charge in [-0.1, -0.05) is 34.1 Å². The zero-order chi connectivity index (χ0) is 15.7. The summed E-state index contributed by atoms with van der Waals surface area (Å²) in [7, 11) is -0.163. The van der Waals surface area contributed by atoms with Crippen molar-refractivity contribution in [3.05, 3.63) is 47.0 Å². The van der Waals surface area contributed by atoms with Gasteiger partial charge in [-0.25, -0.2) is 0 Å². The molecule has 0 spiro atoms. The summed E-state index contributed by atoms with van der Waals surface area (Å²) in [6.07, 6.45) is 3.74. The molecule has 1 heterocycles. The molecule has 114 valence electrons. The van der Waals surface area contributed by atoms with Crippen LogP contribution in [0.15, 0.2) is 41.4 Å². The largest absolute Gasteiger partial charge is 0.458 e. The van der Waals surface area contributed by atoms with Crippen molar-refractivity contribution < 1.29 is 9.31 Å². The first kappa shape index (κ1) is 16.8. The van der Waals surface area contributed by atoms with Crippen molar-refractivity contribution in [1.82, 2.24) is 0 Å². The minimum atomic E-state index is -0.268. The normalized spacial score (nSPS) is 21.3. The van der Waals surface area contributed by atoms with Crippen molar-refractivity contribution in [3.8, 4) is 0 Å². The summed E-state index contributed by atoms with van der Waals surface area (Å²) < 4.78 is 13.3. The number of rotatable bonds is 5. The molecule has 1 aliphatic rings.